The van der Waals surface area contributed by atoms with Crippen LogP contribution in [0.25, 0.3) is 0 Å². The maximum Gasteiger partial charge on any atom is 0.103 e. The van der Waals surface area contributed by atoms with Crippen LogP contribution in [0.4, 0.5) is 0 Å². The smallest absolute Gasteiger partial charge is 0.103 e. The molecule has 16 heavy (non-hydrogen) atoms. The summed E-state index contributed by atoms with van der Waals surface area (Å²) in [6.07, 6.45) is 10.6. The van der Waals surface area contributed by atoms with Crippen molar-refractivity contribution in [3.8, 4) is 0 Å². The van der Waals surface area contributed by atoms with Crippen LogP contribution in [-0.2, 0) is 0 Å². The fourth-order valence-corrected chi connectivity index (χ4v) is 2.29. The van der Waals surface area contributed by atoms with Gasteiger partial charge in [-0.1, -0.05) is 18.9 Å². The molecule has 1 aromatic heterocycles. The Bertz CT molecular complexity index is 363. The van der Waals surface area contributed by atoms with Crippen LogP contribution in [0.3, 0.4) is 0 Å². The Labute approximate surface area is 97.0 Å². The second-order valence-electron chi connectivity index (χ2n) is 4.63. The molecule has 0 spiro atoms. The number of aliphatic hydroxyl groups is 1. The van der Waals surface area contributed by atoms with Crippen LogP contribution in [0, 0.1) is 6.92 Å². The summed E-state index contributed by atoms with van der Waals surface area (Å²) in [5.41, 5.74) is 2.06. The monoisotopic (exact) mass is 220 g/mol. The fourth-order valence-electron chi connectivity index (χ4n) is 2.29. The molecule has 0 saturated heterocycles. The SMILES string of the molecule is Cc1cc(C(O)C2=CCCCCCC2)co1. The van der Waals surface area contributed by atoms with Crippen LogP contribution >= 0.6 is 0 Å². The summed E-state index contributed by atoms with van der Waals surface area (Å²) in [5, 5.41) is 10.2. The summed E-state index contributed by atoms with van der Waals surface area (Å²) in [4.78, 5) is 0. The van der Waals surface area contributed by atoms with Gasteiger partial charge in [-0.3, -0.25) is 0 Å². The highest BCUT2D eigenvalue weighted by Crippen LogP contribution is 2.29. The molecular weight excluding hydrogens is 200 g/mol. The second-order valence-corrected chi connectivity index (χ2v) is 4.63. The van der Waals surface area contributed by atoms with Crippen LogP contribution in [0.1, 0.15) is 56.0 Å². The van der Waals surface area contributed by atoms with E-state index in [0.717, 1.165) is 24.2 Å². The molecule has 1 atom stereocenters. The van der Waals surface area contributed by atoms with E-state index in [2.05, 4.69) is 6.08 Å². The predicted octanol–water partition coefficient (Wildman–Crippen LogP) is 3.90. The molecule has 0 aromatic carbocycles. The lowest BCUT2D eigenvalue weighted by molar-refractivity contribution is 0.208. The maximum atomic E-state index is 10.2. The van der Waals surface area contributed by atoms with E-state index in [1.165, 1.54) is 31.3 Å². The van der Waals surface area contributed by atoms with Gasteiger partial charge in [0.2, 0.25) is 0 Å². The fraction of sp³-hybridized carbons (Fsp3) is 0.571. The van der Waals surface area contributed by atoms with Gasteiger partial charge >= 0.3 is 0 Å². The lowest BCUT2D eigenvalue weighted by Gasteiger charge is -2.16. The minimum Gasteiger partial charge on any atom is -0.469 e. The van der Waals surface area contributed by atoms with Crippen LogP contribution in [0.15, 0.2) is 28.4 Å². The molecule has 88 valence electrons. The van der Waals surface area contributed by atoms with Crippen molar-refractivity contribution in [2.24, 2.45) is 0 Å². The maximum absolute atomic E-state index is 10.2. The Morgan fingerprint density at radius 1 is 1.25 bits per heavy atom. The lowest BCUT2D eigenvalue weighted by atomic mass is 9.94. The molecule has 2 nitrogen and oxygen atoms in total. The third-order valence-electron chi connectivity index (χ3n) is 3.24. The van der Waals surface area contributed by atoms with E-state index < -0.39 is 6.10 Å². The molecule has 2 rings (SSSR count). The number of aliphatic hydroxyl groups excluding tert-OH is 1. The Balaban J connectivity index is 2.09. The van der Waals surface area contributed by atoms with Gasteiger partial charge in [-0.2, -0.15) is 0 Å². The molecule has 0 radical (unpaired) electrons. The standard InChI is InChI=1S/C14H20O2/c1-11-9-13(10-16-11)14(15)12-7-5-3-2-4-6-8-12/h7,9-10,14-15H,2-6,8H2,1H3. The molecule has 0 amide bonds. The molecule has 1 N–H and O–H groups in total. The van der Waals surface area contributed by atoms with Gasteiger partial charge in [0.1, 0.15) is 11.9 Å². The summed E-state index contributed by atoms with van der Waals surface area (Å²) in [6.45, 7) is 1.91. The zero-order valence-electron chi connectivity index (χ0n) is 9.91. The third-order valence-corrected chi connectivity index (χ3v) is 3.24. The highest BCUT2D eigenvalue weighted by molar-refractivity contribution is 5.24. The molecule has 1 heterocycles. The van der Waals surface area contributed by atoms with Crippen LogP contribution in [0.5, 0.6) is 0 Å². The van der Waals surface area contributed by atoms with Crippen molar-refractivity contribution in [1.82, 2.24) is 0 Å². The first-order valence-corrected chi connectivity index (χ1v) is 6.19. The quantitative estimate of drug-likeness (QED) is 0.767. The first kappa shape index (κ1) is 11.5. The molecule has 2 heteroatoms. The van der Waals surface area contributed by atoms with Gasteiger partial charge in [0.15, 0.2) is 0 Å². The normalized spacial score (nSPS) is 19.8. The second kappa shape index (κ2) is 5.35. The number of furan rings is 1. The van der Waals surface area contributed by atoms with Crippen molar-refractivity contribution in [1.29, 1.82) is 0 Å². The summed E-state index contributed by atoms with van der Waals surface area (Å²) in [5.74, 6) is 0.862. The lowest BCUT2D eigenvalue weighted by Crippen LogP contribution is -2.02. The van der Waals surface area contributed by atoms with Crippen LogP contribution < -0.4 is 0 Å². The average molecular weight is 220 g/mol. The van der Waals surface area contributed by atoms with Gasteiger partial charge < -0.3 is 9.52 Å². The van der Waals surface area contributed by atoms with Crippen molar-refractivity contribution in [2.75, 3.05) is 0 Å². The first-order chi connectivity index (χ1) is 7.77. The number of hydrogen-bond acceptors (Lipinski definition) is 2. The Morgan fingerprint density at radius 3 is 2.81 bits per heavy atom. The minimum atomic E-state index is -0.462. The number of rotatable bonds is 2. The van der Waals surface area contributed by atoms with Crippen molar-refractivity contribution in [3.05, 3.63) is 35.3 Å². The van der Waals surface area contributed by atoms with Crippen molar-refractivity contribution in [2.45, 2.75) is 51.6 Å². The van der Waals surface area contributed by atoms with Gasteiger partial charge in [0.25, 0.3) is 0 Å². The van der Waals surface area contributed by atoms with Gasteiger partial charge in [-0.05, 0) is 44.2 Å². The third kappa shape index (κ3) is 2.76. The van der Waals surface area contributed by atoms with E-state index in [1.54, 1.807) is 6.26 Å². The molecule has 1 aliphatic carbocycles. The van der Waals surface area contributed by atoms with E-state index in [9.17, 15) is 5.11 Å². The van der Waals surface area contributed by atoms with Gasteiger partial charge in [0, 0.05) is 5.56 Å². The summed E-state index contributed by atoms with van der Waals surface area (Å²) in [6, 6.07) is 1.92. The first-order valence-electron chi connectivity index (χ1n) is 6.19. The molecule has 0 bridgehead atoms. The van der Waals surface area contributed by atoms with Gasteiger partial charge in [-0.15, -0.1) is 0 Å². The van der Waals surface area contributed by atoms with E-state index in [4.69, 9.17) is 4.42 Å². The number of allylic oxidation sites excluding steroid dienone is 1. The van der Waals surface area contributed by atoms with Crippen LogP contribution in [0.2, 0.25) is 0 Å². The van der Waals surface area contributed by atoms with E-state index >= 15 is 0 Å². The Morgan fingerprint density at radius 2 is 2.06 bits per heavy atom. The number of aryl methyl sites for hydroxylation is 1. The van der Waals surface area contributed by atoms with E-state index in [1.807, 2.05) is 13.0 Å². The van der Waals surface area contributed by atoms with Gasteiger partial charge in [-0.25, -0.2) is 0 Å². The highest BCUT2D eigenvalue weighted by atomic mass is 16.3. The Kier molecular flexibility index (Phi) is 3.83. The molecule has 0 aliphatic heterocycles. The molecule has 0 fully saturated rings. The summed E-state index contributed by atoms with van der Waals surface area (Å²) >= 11 is 0. The number of hydrogen-bond donors (Lipinski definition) is 1. The van der Waals surface area contributed by atoms with E-state index in [-0.39, 0.29) is 0 Å². The van der Waals surface area contributed by atoms with Crippen molar-refractivity contribution in [3.63, 3.8) is 0 Å². The van der Waals surface area contributed by atoms with Crippen molar-refractivity contribution < 1.29 is 9.52 Å². The molecule has 0 saturated carbocycles. The zero-order chi connectivity index (χ0) is 11.4. The topological polar surface area (TPSA) is 33.4 Å². The summed E-state index contributed by atoms with van der Waals surface area (Å²) in [7, 11) is 0. The minimum absolute atomic E-state index is 0.462. The Hall–Kier alpha value is -1.02. The zero-order valence-corrected chi connectivity index (χ0v) is 9.91. The average Bonchev–Trinajstić information content (AvgIpc) is 2.63. The highest BCUT2D eigenvalue weighted by Gasteiger charge is 2.15. The van der Waals surface area contributed by atoms with Crippen molar-refractivity contribution >= 4 is 0 Å². The van der Waals surface area contributed by atoms with E-state index in [0.29, 0.717) is 0 Å². The largest absolute Gasteiger partial charge is 0.469 e. The predicted molar refractivity (Wildman–Crippen MR) is 64.2 cm³/mol. The molecular formula is C14H20O2. The van der Waals surface area contributed by atoms with Crippen LogP contribution in [-0.4, -0.2) is 5.11 Å². The van der Waals surface area contributed by atoms with Gasteiger partial charge in [0.05, 0.1) is 6.26 Å². The molecule has 1 aromatic rings. The molecule has 1 unspecified atom stereocenters. The summed E-state index contributed by atoms with van der Waals surface area (Å²) < 4.78 is 5.25. The molecule has 1 aliphatic rings.